The van der Waals surface area contributed by atoms with Crippen molar-refractivity contribution >= 4 is 23.4 Å². The van der Waals surface area contributed by atoms with Crippen LogP contribution in [0, 0.1) is 0 Å². The Balaban J connectivity index is 1.69. The molecule has 0 spiro atoms. The molecule has 1 aromatic carbocycles. The van der Waals surface area contributed by atoms with Gasteiger partial charge in [-0.25, -0.2) is 0 Å². The first kappa shape index (κ1) is 14.5. The number of morpholine rings is 1. The maximum absolute atomic E-state index is 12.5. The van der Waals surface area contributed by atoms with Gasteiger partial charge in [0.05, 0.1) is 32.2 Å². The quantitative estimate of drug-likeness (QED) is 0.790. The standard InChI is InChI=1S/C15H17ClN2O3/c16-12-3-1-11(2-4-12)10-18-14(19)9-13(15(18)20)17-5-7-21-8-6-17/h1-4,13H,5-10H2. The number of hydrogen-bond acceptors (Lipinski definition) is 4. The molecule has 1 aromatic rings. The predicted octanol–water partition coefficient (Wildman–Crippen LogP) is 1.30. The highest BCUT2D eigenvalue weighted by molar-refractivity contribution is 6.30. The van der Waals surface area contributed by atoms with Gasteiger partial charge in [0, 0.05) is 18.1 Å². The summed E-state index contributed by atoms with van der Waals surface area (Å²) in [6.07, 6.45) is 0.270. The Kier molecular flexibility index (Phi) is 4.24. The van der Waals surface area contributed by atoms with Crippen LogP contribution in [-0.4, -0.2) is 54.0 Å². The van der Waals surface area contributed by atoms with Gasteiger partial charge in [-0.2, -0.15) is 0 Å². The zero-order valence-electron chi connectivity index (χ0n) is 11.6. The monoisotopic (exact) mass is 308 g/mol. The maximum Gasteiger partial charge on any atom is 0.247 e. The van der Waals surface area contributed by atoms with Gasteiger partial charge in [-0.1, -0.05) is 23.7 Å². The second kappa shape index (κ2) is 6.13. The maximum atomic E-state index is 12.5. The fourth-order valence-electron chi connectivity index (χ4n) is 2.78. The smallest absolute Gasteiger partial charge is 0.247 e. The second-order valence-electron chi connectivity index (χ2n) is 5.31. The van der Waals surface area contributed by atoms with Gasteiger partial charge in [-0.15, -0.1) is 0 Å². The Bertz CT molecular complexity index is 540. The molecule has 3 rings (SSSR count). The van der Waals surface area contributed by atoms with E-state index in [4.69, 9.17) is 16.3 Å². The van der Waals surface area contributed by atoms with Gasteiger partial charge in [-0.05, 0) is 17.7 Å². The molecule has 2 amide bonds. The van der Waals surface area contributed by atoms with E-state index in [0.717, 1.165) is 5.56 Å². The van der Waals surface area contributed by atoms with Crippen molar-refractivity contribution in [3.63, 3.8) is 0 Å². The van der Waals surface area contributed by atoms with Gasteiger partial charge in [-0.3, -0.25) is 19.4 Å². The van der Waals surface area contributed by atoms with Crippen molar-refractivity contribution in [2.45, 2.75) is 19.0 Å². The first-order valence-electron chi connectivity index (χ1n) is 7.05. The van der Waals surface area contributed by atoms with Gasteiger partial charge in [0.2, 0.25) is 11.8 Å². The molecule has 0 aromatic heterocycles. The summed E-state index contributed by atoms with van der Waals surface area (Å²) in [5, 5.41) is 0.643. The lowest BCUT2D eigenvalue weighted by Gasteiger charge is -2.30. The van der Waals surface area contributed by atoms with Gasteiger partial charge in [0.15, 0.2) is 0 Å². The second-order valence-corrected chi connectivity index (χ2v) is 5.75. The average molecular weight is 309 g/mol. The number of likely N-dealkylation sites (tertiary alicyclic amines) is 1. The van der Waals surface area contributed by atoms with Crippen molar-refractivity contribution in [1.82, 2.24) is 9.80 Å². The number of ether oxygens (including phenoxy) is 1. The van der Waals surface area contributed by atoms with Crippen LogP contribution in [-0.2, 0) is 20.9 Å². The van der Waals surface area contributed by atoms with Gasteiger partial charge in [0.1, 0.15) is 0 Å². The van der Waals surface area contributed by atoms with E-state index >= 15 is 0 Å². The van der Waals surface area contributed by atoms with Crippen LogP contribution in [0.25, 0.3) is 0 Å². The minimum Gasteiger partial charge on any atom is -0.379 e. The molecule has 0 saturated carbocycles. The minimum absolute atomic E-state index is 0.100. The number of imide groups is 1. The van der Waals surface area contributed by atoms with E-state index in [9.17, 15) is 9.59 Å². The molecule has 0 bridgehead atoms. The van der Waals surface area contributed by atoms with Crippen LogP contribution in [0.5, 0.6) is 0 Å². The fourth-order valence-corrected chi connectivity index (χ4v) is 2.90. The number of nitrogens with zero attached hydrogens (tertiary/aromatic N) is 2. The highest BCUT2D eigenvalue weighted by Crippen LogP contribution is 2.22. The van der Waals surface area contributed by atoms with E-state index in [0.29, 0.717) is 37.9 Å². The summed E-state index contributed by atoms with van der Waals surface area (Å²) in [6.45, 7) is 2.97. The number of benzene rings is 1. The van der Waals surface area contributed by atoms with Crippen LogP contribution in [0.2, 0.25) is 5.02 Å². The van der Waals surface area contributed by atoms with E-state index in [1.165, 1.54) is 4.90 Å². The third kappa shape index (κ3) is 3.10. The first-order valence-corrected chi connectivity index (χ1v) is 7.43. The van der Waals surface area contributed by atoms with Crippen molar-refractivity contribution in [3.05, 3.63) is 34.9 Å². The summed E-state index contributed by atoms with van der Waals surface area (Å²) >= 11 is 5.84. The molecule has 0 aliphatic carbocycles. The molecular weight excluding hydrogens is 292 g/mol. The lowest BCUT2D eigenvalue weighted by Crippen LogP contribution is -2.47. The summed E-state index contributed by atoms with van der Waals surface area (Å²) in [7, 11) is 0. The summed E-state index contributed by atoms with van der Waals surface area (Å²) in [4.78, 5) is 28.0. The highest BCUT2D eigenvalue weighted by atomic mass is 35.5. The van der Waals surface area contributed by atoms with Gasteiger partial charge in [0.25, 0.3) is 0 Å². The van der Waals surface area contributed by atoms with Crippen molar-refractivity contribution in [3.8, 4) is 0 Å². The Morgan fingerprint density at radius 1 is 1.14 bits per heavy atom. The lowest BCUT2D eigenvalue weighted by molar-refractivity contribution is -0.140. The molecule has 6 heteroatoms. The predicted molar refractivity (Wildman–Crippen MR) is 77.8 cm³/mol. The number of carbonyl (C=O) groups excluding carboxylic acids is 2. The Morgan fingerprint density at radius 3 is 2.48 bits per heavy atom. The van der Waals surface area contributed by atoms with Crippen LogP contribution >= 0.6 is 11.6 Å². The van der Waals surface area contributed by atoms with Crippen LogP contribution in [0.15, 0.2) is 24.3 Å². The molecule has 2 heterocycles. The number of halogens is 1. The molecule has 2 aliphatic rings. The van der Waals surface area contributed by atoms with E-state index < -0.39 is 0 Å². The zero-order chi connectivity index (χ0) is 14.8. The SMILES string of the molecule is O=C1CC(N2CCOCC2)C(=O)N1Cc1ccc(Cl)cc1. The normalized spacial score (nSPS) is 23.9. The first-order chi connectivity index (χ1) is 10.1. The molecule has 1 unspecified atom stereocenters. The summed E-state index contributed by atoms with van der Waals surface area (Å²) in [6, 6.07) is 6.88. The van der Waals surface area contributed by atoms with Crippen LogP contribution in [0.4, 0.5) is 0 Å². The van der Waals surface area contributed by atoms with Crippen molar-refractivity contribution in [1.29, 1.82) is 0 Å². The van der Waals surface area contributed by atoms with Crippen molar-refractivity contribution < 1.29 is 14.3 Å². The summed E-state index contributed by atoms with van der Waals surface area (Å²) in [5.74, 6) is -0.205. The number of rotatable bonds is 3. The summed E-state index contributed by atoms with van der Waals surface area (Å²) in [5.41, 5.74) is 0.906. The van der Waals surface area contributed by atoms with E-state index in [1.807, 2.05) is 17.0 Å². The third-order valence-electron chi connectivity index (χ3n) is 3.96. The molecule has 2 fully saturated rings. The number of carbonyl (C=O) groups is 2. The Labute approximate surface area is 128 Å². The molecule has 2 saturated heterocycles. The molecule has 0 N–H and O–H groups in total. The number of hydrogen-bond donors (Lipinski definition) is 0. The average Bonchev–Trinajstić information content (AvgIpc) is 2.78. The molecule has 2 aliphatic heterocycles. The lowest BCUT2D eigenvalue weighted by atomic mass is 10.2. The van der Waals surface area contributed by atoms with Crippen LogP contribution in [0.3, 0.4) is 0 Å². The fraction of sp³-hybridized carbons (Fsp3) is 0.467. The molecule has 112 valence electrons. The summed E-state index contributed by atoms with van der Waals surface area (Å²) < 4.78 is 5.29. The van der Waals surface area contributed by atoms with E-state index in [2.05, 4.69) is 0 Å². The van der Waals surface area contributed by atoms with Crippen LogP contribution < -0.4 is 0 Å². The molecule has 1 atom stereocenters. The Hall–Kier alpha value is -1.43. The molecule has 0 radical (unpaired) electrons. The largest absolute Gasteiger partial charge is 0.379 e. The topological polar surface area (TPSA) is 49.9 Å². The van der Waals surface area contributed by atoms with Crippen LogP contribution in [0.1, 0.15) is 12.0 Å². The van der Waals surface area contributed by atoms with E-state index in [1.54, 1.807) is 12.1 Å². The Morgan fingerprint density at radius 2 is 1.81 bits per heavy atom. The third-order valence-corrected chi connectivity index (χ3v) is 4.21. The van der Waals surface area contributed by atoms with Crippen molar-refractivity contribution in [2.24, 2.45) is 0 Å². The molecular formula is C15H17ClN2O3. The molecule has 5 nitrogen and oxygen atoms in total. The zero-order valence-corrected chi connectivity index (χ0v) is 12.4. The van der Waals surface area contributed by atoms with E-state index in [-0.39, 0.29) is 24.3 Å². The molecule has 21 heavy (non-hydrogen) atoms. The highest BCUT2D eigenvalue weighted by Gasteiger charge is 2.41. The van der Waals surface area contributed by atoms with Gasteiger partial charge < -0.3 is 4.74 Å². The number of amides is 2. The minimum atomic E-state index is -0.325. The van der Waals surface area contributed by atoms with Gasteiger partial charge >= 0.3 is 0 Å². The van der Waals surface area contributed by atoms with Crippen molar-refractivity contribution in [2.75, 3.05) is 26.3 Å².